The third kappa shape index (κ3) is 4.50. The molecule has 1 nitrogen and oxygen atoms in total. The van der Waals surface area contributed by atoms with Crippen LogP contribution in [0.3, 0.4) is 0 Å². The van der Waals surface area contributed by atoms with E-state index in [1.54, 1.807) is 0 Å². The SMILES string of the molecule is ClP(Cc1ccccc1OCc1ccccc1)(c1ccccc1)(c1ccccc1)c1ccccc1. The zero-order chi connectivity index (χ0) is 24.0. The second-order valence-electron chi connectivity index (χ2n) is 8.73. The number of hydrogen-bond donors (Lipinski definition) is 0. The van der Waals surface area contributed by atoms with E-state index in [0.717, 1.165) is 32.8 Å². The first kappa shape index (κ1) is 23.4. The summed E-state index contributed by atoms with van der Waals surface area (Å²) in [6.45, 7) is 0.512. The standard InChI is InChI=1S/C32H28ClOP/c33-35(29-18-7-2-8-19-29,30-20-9-3-10-21-30,31-22-11-4-12-23-31)26-28-17-13-14-24-32(28)34-25-27-15-5-1-6-16-27/h1-24H,25-26H2. The number of hydrogen-bond acceptors (Lipinski definition) is 1. The summed E-state index contributed by atoms with van der Waals surface area (Å²) in [6.07, 6.45) is 0.649. The van der Waals surface area contributed by atoms with E-state index in [1.165, 1.54) is 0 Å². The average molecular weight is 495 g/mol. The number of benzene rings is 5. The van der Waals surface area contributed by atoms with E-state index < -0.39 is 5.96 Å². The molecule has 5 aromatic carbocycles. The van der Waals surface area contributed by atoms with E-state index in [1.807, 2.05) is 24.3 Å². The van der Waals surface area contributed by atoms with Crippen LogP contribution in [-0.4, -0.2) is 0 Å². The molecule has 0 amide bonds. The number of para-hydroxylation sites is 1. The Hall–Kier alpha value is -3.38. The summed E-state index contributed by atoms with van der Waals surface area (Å²) in [5, 5.41) is 3.45. The zero-order valence-corrected chi connectivity index (χ0v) is 21.2. The molecule has 0 spiro atoms. The van der Waals surface area contributed by atoms with Gasteiger partial charge in [0.15, 0.2) is 0 Å². The van der Waals surface area contributed by atoms with Crippen molar-refractivity contribution >= 4 is 33.1 Å². The molecule has 0 aliphatic heterocycles. The van der Waals surface area contributed by atoms with Gasteiger partial charge in [0.25, 0.3) is 0 Å². The van der Waals surface area contributed by atoms with Gasteiger partial charge in [-0.3, -0.25) is 0 Å². The van der Waals surface area contributed by atoms with Gasteiger partial charge in [0.1, 0.15) is 0 Å². The van der Waals surface area contributed by atoms with Crippen LogP contribution in [0.25, 0.3) is 0 Å². The summed E-state index contributed by atoms with van der Waals surface area (Å²) < 4.78 is 6.38. The second-order valence-corrected chi connectivity index (χ2v) is 15.2. The van der Waals surface area contributed by atoms with Crippen molar-refractivity contribution in [2.45, 2.75) is 12.8 Å². The van der Waals surface area contributed by atoms with Gasteiger partial charge in [-0.25, -0.2) is 0 Å². The van der Waals surface area contributed by atoms with Gasteiger partial charge in [0.2, 0.25) is 0 Å². The molecular weight excluding hydrogens is 467 g/mol. The molecule has 0 radical (unpaired) electrons. The fourth-order valence-electron chi connectivity index (χ4n) is 4.77. The Morgan fingerprint density at radius 2 is 0.886 bits per heavy atom. The van der Waals surface area contributed by atoms with Gasteiger partial charge >= 0.3 is 213 Å². The van der Waals surface area contributed by atoms with Crippen molar-refractivity contribution in [2.75, 3.05) is 0 Å². The molecule has 0 saturated heterocycles. The number of rotatable bonds is 8. The number of halogens is 1. The molecule has 0 atom stereocenters. The molecule has 0 aromatic heterocycles. The Labute approximate surface area is 212 Å². The molecule has 5 aromatic rings. The van der Waals surface area contributed by atoms with Crippen molar-refractivity contribution in [1.29, 1.82) is 0 Å². The molecule has 0 aliphatic carbocycles. The Bertz CT molecular complexity index is 1270. The van der Waals surface area contributed by atoms with Gasteiger partial charge in [-0.05, 0) is 0 Å². The fourth-order valence-corrected chi connectivity index (χ4v) is 10.9. The van der Waals surface area contributed by atoms with E-state index >= 15 is 0 Å². The van der Waals surface area contributed by atoms with Crippen molar-refractivity contribution < 1.29 is 4.74 Å². The molecule has 0 unspecified atom stereocenters. The van der Waals surface area contributed by atoms with Gasteiger partial charge in [0.05, 0.1) is 0 Å². The topological polar surface area (TPSA) is 9.23 Å². The Morgan fingerprint density at radius 3 is 1.37 bits per heavy atom. The predicted octanol–water partition coefficient (Wildman–Crippen LogP) is 7.45. The van der Waals surface area contributed by atoms with E-state index in [4.69, 9.17) is 16.0 Å². The summed E-state index contributed by atoms with van der Waals surface area (Å²) >= 11 is 8.27. The predicted molar refractivity (Wildman–Crippen MR) is 152 cm³/mol. The van der Waals surface area contributed by atoms with Crippen molar-refractivity contribution in [1.82, 2.24) is 0 Å². The van der Waals surface area contributed by atoms with Crippen LogP contribution in [0.15, 0.2) is 146 Å². The Kier molecular flexibility index (Phi) is 6.73. The van der Waals surface area contributed by atoms with Gasteiger partial charge in [0, 0.05) is 0 Å². The molecule has 0 bridgehead atoms. The first-order chi connectivity index (χ1) is 17.2. The normalized spacial score (nSPS) is 12.4. The quantitative estimate of drug-likeness (QED) is 0.203. The molecule has 0 N–H and O–H groups in total. The van der Waals surface area contributed by atoms with E-state index in [-0.39, 0.29) is 0 Å². The van der Waals surface area contributed by atoms with Crippen LogP contribution in [0.5, 0.6) is 5.75 Å². The minimum atomic E-state index is -3.43. The van der Waals surface area contributed by atoms with Crippen molar-refractivity contribution in [3.63, 3.8) is 0 Å². The maximum atomic E-state index is 8.27. The molecule has 5 rings (SSSR count). The first-order valence-electron chi connectivity index (χ1n) is 11.8. The van der Waals surface area contributed by atoms with Crippen molar-refractivity contribution in [3.8, 4) is 5.75 Å². The summed E-state index contributed by atoms with van der Waals surface area (Å²) in [4.78, 5) is 0. The molecule has 0 heterocycles. The molecular formula is C32H28ClOP. The molecule has 0 fully saturated rings. The van der Waals surface area contributed by atoms with Gasteiger partial charge in [-0.15, -0.1) is 0 Å². The first-order valence-corrected chi connectivity index (χ1v) is 15.2. The van der Waals surface area contributed by atoms with Crippen molar-refractivity contribution in [2.24, 2.45) is 0 Å². The zero-order valence-electron chi connectivity index (χ0n) is 19.5. The van der Waals surface area contributed by atoms with Crippen molar-refractivity contribution in [3.05, 3.63) is 157 Å². The fraction of sp³-hybridized carbons (Fsp3) is 0.0625. The Balaban J connectivity index is 1.69. The average Bonchev–Trinajstić information content (AvgIpc) is 2.95. The summed E-state index contributed by atoms with van der Waals surface area (Å²) in [6, 6.07) is 50.3. The summed E-state index contributed by atoms with van der Waals surface area (Å²) in [7, 11) is 0. The van der Waals surface area contributed by atoms with Crippen LogP contribution in [0.2, 0.25) is 0 Å². The van der Waals surface area contributed by atoms with Gasteiger partial charge in [-0.2, -0.15) is 0 Å². The summed E-state index contributed by atoms with van der Waals surface area (Å²) in [5.41, 5.74) is 2.24. The molecule has 174 valence electrons. The van der Waals surface area contributed by atoms with Gasteiger partial charge < -0.3 is 0 Å². The van der Waals surface area contributed by atoms with Crippen LogP contribution in [0, 0.1) is 0 Å². The maximum absolute atomic E-state index is 8.27. The van der Waals surface area contributed by atoms with Gasteiger partial charge in [-0.1, -0.05) is 0 Å². The van der Waals surface area contributed by atoms with Crippen LogP contribution in [0.1, 0.15) is 11.1 Å². The Morgan fingerprint density at radius 1 is 0.486 bits per heavy atom. The van der Waals surface area contributed by atoms with Crippen LogP contribution < -0.4 is 20.7 Å². The van der Waals surface area contributed by atoms with E-state index in [9.17, 15) is 0 Å². The molecule has 0 aliphatic rings. The molecule has 35 heavy (non-hydrogen) atoms. The third-order valence-corrected chi connectivity index (χ3v) is 13.7. The van der Waals surface area contributed by atoms with Crippen LogP contribution in [0.4, 0.5) is 0 Å². The van der Waals surface area contributed by atoms with Crippen LogP contribution in [-0.2, 0) is 12.8 Å². The van der Waals surface area contributed by atoms with E-state index in [2.05, 4.69) is 121 Å². The molecule has 0 saturated carbocycles. The monoisotopic (exact) mass is 494 g/mol. The summed E-state index contributed by atoms with van der Waals surface area (Å²) in [5.74, 6) is -2.56. The van der Waals surface area contributed by atoms with E-state index in [0.29, 0.717) is 12.8 Å². The van der Waals surface area contributed by atoms with Crippen LogP contribution >= 0.6 is 17.2 Å². The second kappa shape index (κ2) is 10.1. The third-order valence-electron chi connectivity index (χ3n) is 6.56. The minimum absolute atomic E-state index is 0.512. The molecule has 3 heteroatoms. The number of ether oxygens (including phenoxy) is 1.